The molecule has 24 heavy (non-hydrogen) atoms. The molecule has 2 heterocycles. The Morgan fingerprint density at radius 3 is 2.75 bits per heavy atom. The van der Waals surface area contributed by atoms with Gasteiger partial charge in [0, 0.05) is 6.07 Å². The number of nitrogens with zero attached hydrogens (tertiary/aromatic N) is 2. The van der Waals surface area contributed by atoms with Crippen molar-refractivity contribution in [2.75, 3.05) is 11.9 Å². The number of hydrogen-bond donors (Lipinski definition) is 1. The number of carbonyl (C=O) groups excluding carboxylic acids is 1. The number of aromatic nitrogens is 2. The van der Waals surface area contributed by atoms with Gasteiger partial charge in [-0.25, -0.2) is 4.68 Å². The quantitative estimate of drug-likeness (QED) is 0.756. The molecule has 6 nitrogen and oxygen atoms in total. The van der Waals surface area contributed by atoms with Crippen LogP contribution < -0.4 is 10.1 Å². The zero-order valence-corrected chi connectivity index (χ0v) is 13.7. The fourth-order valence-corrected chi connectivity index (χ4v) is 2.46. The predicted molar refractivity (Wildman–Crippen MR) is 90.1 cm³/mol. The van der Waals surface area contributed by atoms with Crippen molar-refractivity contribution < 1.29 is 13.9 Å². The van der Waals surface area contributed by atoms with Gasteiger partial charge in [0.25, 0.3) is 5.91 Å². The highest BCUT2D eigenvalue weighted by molar-refractivity contribution is 5.91. The molecule has 1 aromatic carbocycles. The second kappa shape index (κ2) is 7.04. The van der Waals surface area contributed by atoms with Crippen molar-refractivity contribution in [1.29, 1.82) is 0 Å². The maximum atomic E-state index is 12.1. The summed E-state index contributed by atoms with van der Waals surface area (Å²) in [7, 11) is 0. The number of ether oxygens (including phenoxy) is 1. The van der Waals surface area contributed by atoms with E-state index in [2.05, 4.69) is 16.5 Å². The summed E-state index contributed by atoms with van der Waals surface area (Å²) in [6.45, 7) is 4.38. The van der Waals surface area contributed by atoms with Crippen LogP contribution in [-0.4, -0.2) is 22.3 Å². The first-order chi connectivity index (χ1) is 11.6. The monoisotopic (exact) mass is 325 g/mol. The van der Waals surface area contributed by atoms with Crippen LogP contribution in [0.3, 0.4) is 0 Å². The first kappa shape index (κ1) is 15.9. The molecule has 124 valence electrons. The molecule has 0 unspecified atom stereocenters. The molecular formula is C18H19N3O3. The topological polar surface area (TPSA) is 69.3 Å². The van der Waals surface area contributed by atoms with E-state index in [-0.39, 0.29) is 12.5 Å². The molecule has 0 radical (unpaired) electrons. The second-order valence-electron chi connectivity index (χ2n) is 5.61. The maximum absolute atomic E-state index is 12.1. The summed E-state index contributed by atoms with van der Waals surface area (Å²) in [5, 5.41) is 6.98. The Bertz CT molecular complexity index is 802. The minimum absolute atomic E-state index is 0.0607. The Labute approximate surface area is 140 Å². The summed E-state index contributed by atoms with van der Waals surface area (Å²) in [6, 6.07) is 11.3. The molecule has 0 saturated heterocycles. The van der Waals surface area contributed by atoms with Crippen molar-refractivity contribution in [3.63, 3.8) is 0 Å². The van der Waals surface area contributed by atoms with Gasteiger partial charge in [0.2, 0.25) is 0 Å². The predicted octanol–water partition coefficient (Wildman–Crippen LogP) is 3.16. The van der Waals surface area contributed by atoms with Gasteiger partial charge in [-0.3, -0.25) is 4.79 Å². The minimum Gasteiger partial charge on any atom is -0.484 e. The molecule has 1 N–H and O–H groups in total. The van der Waals surface area contributed by atoms with Crippen LogP contribution in [-0.2, 0) is 11.3 Å². The van der Waals surface area contributed by atoms with Crippen LogP contribution in [0.25, 0.3) is 0 Å². The van der Waals surface area contributed by atoms with Gasteiger partial charge in [0.15, 0.2) is 6.61 Å². The summed E-state index contributed by atoms with van der Waals surface area (Å²) in [5.74, 6) is 1.81. The van der Waals surface area contributed by atoms with Crippen LogP contribution in [0.15, 0.2) is 53.3 Å². The highest BCUT2D eigenvalue weighted by Gasteiger charge is 2.10. The third-order valence-corrected chi connectivity index (χ3v) is 3.43. The SMILES string of the molecule is Cc1cc(C)cc(OCC(=O)Nc2ccnn2Cc2ccco2)c1. The largest absolute Gasteiger partial charge is 0.484 e. The molecule has 0 aliphatic carbocycles. The van der Waals surface area contributed by atoms with Gasteiger partial charge in [-0.1, -0.05) is 6.07 Å². The third-order valence-electron chi connectivity index (χ3n) is 3.43. The number of aryl methyl sites for hydroxylation is 2. The molecule has 1 amide bonds. The van der Waals surface area contributed by atoms with Crippen LogP contribution in [0.5, 0.6) is 5.75 Å². The molecule has 6 heteroatoms. The number of rotatable bonds is 6. The average molecular weight is 325 g/mol. The molecule has 0 bridgehead atoms. The fraction of sp³-hybridized carbons (Fsp3) is 0.222. The molecular weight excluding hydrogens is 306 g/mol. The van der Waals surface area contributed by atoms with E-state index in [0.717, 1.165) is 16.9 Å². The van der Waals surface area contributed by atoms with E-state index >= 15 is 0 Å². The van der Waals surface area contributed by atoms with Crippen LogP contribution >= 0.6 is 0 Å². The number of benzene rings is 1. The Hall–Kier alpha value is -3.02. The third kappa shape index (κ3) is 4.04. The van der Waals surface area contributed by atoms with Gasteiger partial charge in [-0.2, -0.15) is 5.10 Å². The number of carbonyl (C=O) groups is 1. The summed E-state index contributed by atoms with van der Waals surface area (Å²) >= 11 is 0. The van der Waals surface area contributed by atoms with E-state index in [1.54, 1.807) is 23.2 Å². The standard InChI is InChI=1S/C18H19N3O3/c1-13-8-14(2)10-16(9-13)24-12-18(22)20-17-5-6-19-21(17)11-15-4-3-7-23-15/h3-10H,11-12H2,1-2H3,(H,20,22). The smallest absolute Gasteiger partial charge is 0.263 e. The molecule has 2 aromatic heterocycles. The zero-order valence-electron chi connectivity index (χ0n) is 13.7. The van der Waals surface area contributed by atoms with E-state index in [0.29, 0.717) is 18.1 Å². The van der Waals surface area contributed by atoms with Crippen LogP contribution in [0.1, 0.15) is 16.9 Å². The molecule has 0 fully saturated rings. The number of nitrogens with one attached hydrogen (secondary N) is 1. The normalized spacial score (nSPS) is 10.6. The summed E-state index contributed by atoms with van der Waals surface area (Å²) in [6.07, 6.45) is 3.23. The van der Waals surface area contributed by atoms with E-state index in [1.807, 2.05) is 38.1 Å². The molecule has 3 aromatic rings. The number of anilines is 1. The van der Waals surface area contributed by atoms with Gasteiger partial charge < -0.3 is 14.5 Å². The number of amides is 1. The molecule has 0 saturated carbocycles. The van der Waals surface area contributed by atoms with Gasteiger partial charge in [-0.15, -0.1) is 0 Å². The van der Waals surface area contributed by atoms with Crippen LogP contribution in [0.4, 0.5) is 5.82 Å². The van der Waals surface area contributed by atoms with Gasteiger partial charge in [-0.05, 0) is 49.2 Å². The van der Waals surface area contributed by atoms with Crippen molar-refractivity contribution in [1.82, 2.24) is 9.78 Å². The van der Waals surface area contributed by atoms with Crippen LogP contribution in [0.2, 0.25) is 0 Å². The molecule has 0 aliphatic heterocycles. The average Bonchev–Trinajstić information content (AvgIpc) is 3.17. The van der Waals surface area contributed by atoms with Gasteiger partial charge in [0.05, 0.1) is 12.5 Å². The lowest BCUT2D eigenvalue weighted by molar-refractivity contribution is -0.118. The summed E-state index contributed by atoms with van der Waals surface area (Å²) < 4.78 is 12.5. The lowest BCUT2D eigenvalue weighted by Gasteiger charge is -2.10. The lowest BCUT2D eigenvalue weighted by Crippen LogP contribution is -2.22. The highest BCUT2D eigenvalue weighted by atomic mass is 16.5. The highest BCUT2D eigenvalue weighted by Crippen LogP contribution is 2.16. The Morgan fingerprint density at radius 2 is 2.04 bits per heavy atom. The van der Waals surface area contributed by atoms with Crippen molar-refractivity contribution in [3.8, 4) is 5.75 Å². The Balaban J connectivity index is 1.58. The fourth-order valence-electron chi connectivity index (χ4n) is 2.46. The summed E-state index contributed by atoms with van der Waals surface area (Å²) in [5.41, 5.74) is 2.20. The summed E-state index contributed by atoms with van der Waals surface area (Å²) in [4.78, 5) is 12.1. The van der Waals surface area contributed by atoms with Crippen molar-refractivity contribution in [2.45, 2.75) is 20.4 Å². The molecule has 0 aliphatic rings. The second-order valence-corrected chi connectivity index (χ2v) is 5.61. The Kier molecular flexibility index (Phi) is 4.65. The maximum Gasteiger partial charge on any atom is 0.263 e. The minimum atomic E-state index is -0.240. The van der Waals surface area contributed by atoms with Crippen molar-refractivity contribution in [3.05, 3.63) is 65.7 Å². The van der Waals surface area contributed by atoms with Crippen molar-refractivity contribution >= 4 is 11.7 Å². The first-order valence-electron chi connectivity index (χ1n) is 7.65. The van der Waals surface area contributed by atoms with E-state index in [4.69, 9.17) is 9.15 Å². The molecule has 0 spiro atoms. The van der Waals surface area contributed by atoms with Crippen molar-refractivity contribution in [2.24, 2.45) is 0 Å². The van der Waals surface area contributed by atoms with Gasteiger partial charge >= 0.3 is 0 Å². The van der Waals surface area contributed by atoms with E-state index in [9.17, 15) is 4.79 Å². The number of furan rings is 1. The molecule has 0 atom stereocenters. The lowest BCUT2D eigenvalue weighted by atomic mass is 10.1. The van der Waals surface area contributed by atoms with Crippen LogP contribution in [0, 0.1) is 13.8 Å². The van der Waals surface area contributed by atoms with E-state index in [1.165, 1.54) is 0 Å². The zero-order chi connectivity index (χ0) is 16.9. The van der Waals surface area contributed by atoms with Gasteiger partial charge in [0.1, 0.15) is 23.9 Å². The Morgan fingerprint density at radius 1 is 1.25 bits per heavy atom. The van der Waals surface area contributed by atoms with E-state index < -0.39 is 0 Å². The number of hydrogen-bond acceptors (Lipinski definition) is 4. The first-order valence-corrected chi connectivity index (χ1v) is 7.65. The molecule has 3 rings (SSSR count).